The highest BCUT2D eigenvalue weighted by molar-refractivity contribution is 8.00. The third kappa shape index (κ3) is 3.67. The van der Waals surface area contributed by atoms with Crippen LogP contribution in [0.4, 0.5) is 0 Å². The summed E-state index contributed by atoms with van der Waals surface area (Å²) in [6.07, 6.45) is 7.27. The molecule has 0 amide bonds. The minimum atomic E-state index is 0.747. The third-order valence-corrected chi connectivity index (χ3v) is 3.56. The molecule has 0 spiro atoms. The van der Waals surface area contributed by atoms with E-state index in [1.807, 2.05) is 0 Å². The molecule has 0 radical (unpaired) electrons. The largest absolute Gasteiger partial charge is 0.198 e. The van der Waals surface area contributed by atoms with Crippen LogP contribution in [0, 0.1) is 11.3 Å². The van der Waals surface area contributed by atoms with Crippen molar-refractivity contribution in [2.24, 2.45) is 0 Å². The van der Waals surface area contributed by atoms with Crippen molar-refractivity contribution in [3.8, 4) is 6.07 Å². The van der Waals surface area contributed by atoms with E-state index >= 15 is 0 Å². The number of nitriles is 1. The van der Waals surface area contributed by atoms with Gasteiger partial charge in [0, 0.05) is 11.7 Å². The second-order valence-electron chi connectivity index (χ2n) is 3.04. The third-order valence-electron chi connectivity index (χ3n) is 2.09. The fourth-order valence-electron chi connectivity index (χ4n) is 1.45. The number of rotatable bonds is 4. The molecule has 0 saturated carbocycles. The minimum Gasteiger partial charge on any atom is -0.198 e. The fourth-order valence-corrected chi connectivity index (χ4v) is 2.78. The number of nitrogens with zero attached hydrogens (tertiary/aromatic N) is 1. The van der Waals surface area contributed by atoms with Gasteiger partial charge in [-0.2, -0.15) is 17.0 Å². The molecule has 62 valence electrons. The summed E-state index contributed by atoms with van der Waals surface area (Å²) in [6, 6.07) is 2.19. The van der Waals surface area contributed by atoms with Gasteiger partial charge in [0.2, 0.25) is 0 Å². The molecule has 2 heteroatoms. The lowest BCUT2D eigenvalue weighted by Gasteiger charge is -2.05. The molecule has 1 atom stereocenters. The molecule has 0 unspecified atom stereocenters. The smallest absolute Gasteiger partial charge is 0.0621 e. The van der Waals surface area contributed by atoms with E-state index in [1.165, 1.54) is 31.4 Å². The Kier molecular flexibility index (Phi) is 4.45. The topological polar surface area (TPSA) is 23.8 Å². The summed E-state index contributed by atoms with van der Waals surface area (Å²) in [5.74, 6) is 1.36. The molecule has 0 aliphatic carbocycles. The van der Waals surface area contributed by atoms with E-state index < -0.39 is 0 Å². The van der Waals surface area contributed by atoms with Crippen molar-refractivity contribution in [3.63, 3.8) is 0 Å². The van der Waals surface area contributed by atoms with Gasteiger partial charge >= 0.3 is 0 Å². The Morgan fingerprint density at radius 3 is 3.00 bits per heavy atom. The molecule has 0 N–H and O–H groups in total. The van der Waals surface area contributed by atoms with Gasteiger partial charge in [0.25, 0.3) is 0 Å². The summed E-state index contributed by atoms with van der Waals surface area (Å²) in [6.45, 7) is 0. The highest BCUT2D eigenvalue weighted by atomic mass is 32.2. The predicted octanol–water partition coefficient (Wildman–Crippen LogP) is 2.97. The summed E-state index contributed by atoms with van der Waals surface area (Å²) in [4.78, 5) is 0. The summed E-state index contributed by atoms with van der Waals surface area (Å²) in [5, 5.41) is 9.23. The maximum atomic E-state index is 8.30. The summed E-state index contributed by atoms with van der Waals surface area (Å²) in [7, 11) is 0. The molecule has 1 heterocycles. The zero-order valence-corrected chi connectivity index (χ0v) is 7.70. The standard InChI is InChI=1S/C9H15NS/c10-7-3-1-2-5-9-6-4-8-11-9/h9H,1-6,8H2/t9-/m0/s1. The zero-order chi connectivity index (χ0) is 7.94. The van der Waals surface area contributed by atoms with E-state index in [0.717, 1.165) is 18.1 Å². The molecule has 1 rings (SSSR count). The van der Waals surface area contributed by atoms with E-state index in [1.54, 1.807) is 0 Å². The van der Waals surface area contributed by atoms with Crippen molar-refractivity contribution in [2.75, 3.05) is 5.75 Å². The first-order chi connectivity index (χ1) is 5.43. The number of hydrogen-bond donors (Lipinski definition) is 0. The maximum Gasteiger partial charge on any atom is 0.0621 e. The first kappa shape index (κ1) is 8.93. The average molecular weight is 169 g/mol. The van der Waals surface area contributed by atoms with Crippen LogP contribution in [-0.4, -0.2) is 11.0 Å². The lowest BCUT2D eigenvalue weighted by molar-refractivity contribution is 0.645. The van der Waals surface area contributed by atoms with Gasteiger partial charge in [-0.25, -0.2) is 0 Å². The van der Waals surface area contributed by atoms with Gasteiger partial charge in [0.1, 0.15) is 0 Å². The van der Waals surface area contributed by atoms with Gasteiger partial charge in [-0.15, -0.1) is 0 Å². The van der Waals surface area contributed by atoms with Gasteiger partial charge in [-0.3, -0.25) is 0 Å². The number of unbranched alkanes of at least 4 members (excludes halogenated alkanes) is 2. The van der Waals surface area contributed by atoms with E-state index in [4.69, 9.17) is 5.26 Å². The number of thioether (sulfide) groups is 1. The molecule has 1 fully saturated rings. The molecule has 0 aromatic heterocycles. The highest BCUT2D eigenvalue weighted by Gasteiger charge is 2.14. The second kappa shape index (κ2) is 5.49. The normalized spacial score (nSPS) is 23.4. The zero-order valence-electron chi connectivity index (χ0n) is 6.88. The van der Waals surface area contributed by atoms with Crippen molar-refractivity contribution in [3.05, 3.63) is 0 Å². The summed E-state index contributed by atoms with van der Waals surface area (Å²) < 4.78 is 0. The van der Waals surface area contributed by atoms with Gasteiger partial charge in [0.05, 0.1) is 6.07 Å². The van der Waals surface area contributed by atoms with Crippen LogP contribution in [0.1, 0.15) is 38.5 Å². The molecule has 11 heavy (non-hydrogen) atoms. The van der Waals surface area contributed by atoms with Crippen LogP contribution < -0.4 is 0 Å². The Morgan fingerprint density at radius 1 is 1.45 bits per heavy atom. The maximum absolute atomic E-state index is 8.30. The van der Waals surface area contributed by atoms with Crippen LogP contribution in [-0.2, 0) is 0 Å². The van der Waals surface area contributed by atoms with Crippen LogP contribution in [0.3, 0.4) is 0 Å². The lowest BCUT2D eigenvalue weighted by atomic mass is 10.1. The Hall–Kier alpha value is -0.160. The Bertz CT molecular complexity index is 133. The molecule has 0 aromatic rings. The highest BCUT2D eigenvalue weighted by Crippen LogP contribution is 2.29. The molecule has 1 saturated heterocycles. The molecule has 0 aromatic carbocycles. The second-order valence-corrected chi connectivity index (χ2v) is 4.45. The quantitative estimate of drug-likeness (QED) is 0.604. The Morgan fingerprint density at radius 2 is 2.36 bits per heavy atom. The van der Waals surface area contributed by atoms with Crippen molar-refractivity contribution >= 4 is 11.8 Å². The first-order valence-corrected chi connectivity index (χ1v) is 5.47. The molecule has 1 aliphatic heterocycles. The first-order valence-electron chi connectivity index (χ1n) is 4.42. The van der Waals surface area contributed by atoms with Crippen LogP contribution in [0.2, 0.25) is 0 Å². The van der Waals surface area contributed by atoms with Crippen molar-refractivity contribution in [1.29, 1.82) is 5.26 Å². The molecular weight excluding hydrogens is 154 g/mol. The van der Waals surface area contributed by atoms with Crippen LogP contribution in [0.25, 0.3) is 0 Å². The molecule has 0 bridgehead atoms. The van der Waals surface area contributed by atoms with Crippen molar-refractivity contribution in [1.82, 2.24) is 0 Å². The monoisotopic (exact) mass is 169 g/mol. The van der Waals surface area contributed by atoms with Crippen molar-refractivity contribution in [2.45, 2.75) is 43.8 Å². The lowest BCUT2D eigenvalue weighted by Crippen LogP contribution is -1.95. The summed E-state index contributed by atoms with van der Waals surface area (Å²) >= 11 is 2.12. The van der Waals surface area contributed by atoms with Crippen molar-refractivity contribution < 1.29 is 0 Å². The SMILES string of the molecule is N#CCCCC[C@H]1CCCS1. The predicted molar refractivity (Wildman–Crippen MR) is 49.6 cm³/mol. The van der Waals surface area contributed by atoms with Crippen LogP contribution in [0.5, 0.6) is 0 Å². The summed E-state index contributed by atoms with van der Waals surface area (Å²) in [5.41, 5.74) is 0. The Balaban J connectivity index is 1.90. The number of hydrogen-bond acceptors (Lipinski definition) is 2. The van der Waals surface area contributed by atoms with Gasteiger partial charge in [-0.1, -0.05) is 6.42 Å². The molecule has 1 nitrogen and oxygen atoms in total. The molecular formula is C9H15NS. The van der Waals surface area contributed by atoms with Crippen LogP contribution >= 0.6 is 11.8 Å². The van der Waals surface area contributed by atoms with E-state index in [-0.39, 0.29) is 0 Å². The van der Waals surface area contributed by atoms with E-state index in [2.05, 4.69) is 17.8 Å². The van der Waals surface area contributed by atoms with Gasteiger partial charge in [-0.05, 0) is 31.4 Å². The van der Waals surface area contributed by atoms with Gasteiger partial charge in [0.15, 0.2) is 0 Å². The molecule has 1 aliphatic rings. The van der Waals surface area contributed by atoms with E-state index in [9.17, 15) is 0 Å². The Labute approximate surface area is 73.2 Å². The van der Waals surface area contributed by atoms with Gasteiger partial charge < -0.3 is 0 Å². The fraction of sp³-hybridized carbons (Fsp3) is 0.889. The average Bonchev–Trinajstić information content (AvgIpc) is 2.50. The van der Waals surface area contributed by atoms with E-state index in [0.29, 0.717) is 0 Å². The van der Waals surface area contributed by atoms with Crippen LogP contribution in [0.15, 0.2) is 0 Å². The minimum absolute atomic E-state index is 0.747.